The predicted octanol–water partition coefficient (Wildman–Crippen LogP) is 1.06. The van der Waals surface area contributed by atoms with E-state index in [2.05, 4.69) is 23.6 Å². The lowest BCUT2D eigenvalue weighted by Gasteiger charge is -2.46. The number of carboxylic acids is 1. The molecule has 0 aromatic rings. The number of aliphatic carboxylic acids is 1. The third-order valence-electron chi connectivity index (χ3n) is 7.59. The number of hydrogen-bond acceptors (Lipinski definition) is 6. The van der Waals surface area contributed by atoms with Crippen LogP contribution in [0, 0.1) is 11.8 Å². The third kappa shape index (κ3) is 2.58. The van der Waals surface area contributed by atoms with Crippen molar-refractivity contribution in [3.8, 4) is 0 Å². The van der Waals surface area contributed by atoms with Crippen molar-refractivity contribution in [3.63, 3.8) is 0 Å². The molecule has 30 heavy (non-hydrogen) atoms. The zero-order chi connectivity index (χ0) is 21.7. The summed E-state index contributed by atoms with van der Waals surface area (Å²) in [6.07, 6.45) is 2.05. The van der Waals surface area contributed by atoms with Gasteiger partial charge in [0.2, 0.25) is 11.8 Å². The SMILES string of the molecule is C[C@@H](O)[C@H]1C(=O)N2C(C(=O)O)=C(S[C@H]3CC4C(=O)N(C5CC5)C(C)(C)N4C3)[C@H](C)[C@H]12. The fourth-order valence-electron chi connectivity index (χ4n) is 6.11. The molecule has 6 atom stereocenters. The number of nitrogens with zero attached hydrogens (tertiary/aromatic N) is 3. The maximum Gasteiger partial charge on any atom is 0.353 e. The van der Waals surface area contributed by atoms with Crippen molar-refractivity contribution in [3.05, 3.63) is 10.6 Å². The fraction of sp³-hybridized carbons (Fsp3) is 0.762. The van der Waals surface area contributed by atoms with E-state index >= 15 is 0 Å². The zero-order valence-electron chi connectivity index (χ0n) is 17.7. The monoisotopic (exact) mass is 435 g/mol. The Kier molecular flexibility index (Phi) is 4.38. The minimum atomic E-state index is -1.10. The summed E-state index contributed by atoms with van der Waals surface area (Å²) in [4.78, 5) is 44.0. The Morgan fingerprint density at radius 3 is 2.43 bits per heavy atom. The van der Waals surface area contributed by atoms with E-state index in [0.717, 1.165) is 19.4 Å². The number of amides is 2. The minimum Gasteiger partial charge on any atom is -0.477 e. The number of carboxylic acid groups (broad SMARTS) is 1. The lowest BCUT2D eigenvalue weighted by atomic mass is 9.79. The normalized spacial score (nSPS) is 38.8. The lowest BCUT2D eigenvalue weighted by Crippen LogP contribution is -2.63. The molecule has 5 rings (SSSR count). The molecule has 2 amide bonds. The minimum absolute atomic E-state index is 0.0663. The number of fused-ring (bicyclic) bond motifs is 2. The molecule has 0 aromatic heterocycles. The van der Waals surface area contributed by atoms with Gasteiger partial charge in [0, 0.05) is 28.7 Å². The molecular formula is C21H29N3O5S. The van der Waals surface area contributed by atoms with Crippen LogP contribution in [0.4, 0.5) is 0 Å². The molecule has 1 aliphatic carbocycles. The number of rotatable bonds is 5. The van der Waals surface area contributed by atoms with Gasteiger partial charge in [-0.25, -0.2) is 4.79 Å². The molecule has 4 fully saturated rings. The zero-order valence-corrected chi connectivity index (χ0v) is 18.6. The quantitative estimate of drug-likeness (QED) is 0.623. The van der Waals surface area contributed by atoms with Crippen LogP contribution in [0.3, 0.4) is 0 Å². The van der Waals surface area contributed by atoms with Crippen LogP contribution in [0.25, 0.3) is 0 Å². The number of aliphatic hydroxyl groups is 1. The van der Waals surface area contributed by atoms with Gasteiger partial charge in [0.1, 0.15) is 5.70 Å². The molecule has 3 saturated heterocycles. The van der Waals surface area contributed by atoms with E-state index in [1.54, 1.807) is 6.92 Å². The molecule has 9 heteroatoms. The first-order chi connectivity index (χ1) is 14.1. The van der Waals surface area contributed by atoms with Crippen molar-refractivity contribution in [1.82, 2.24) is 14.7 Å². The molecule has 164 valence electrons. The molecular weight excluding hydrogens is 406 g/mol. The smallest absolute Gasteiger partial charge is 0.353 e. The molecule has 5 aliphatic rings. The van der Waals surface area contributed by atoms with Crippen LogP contribution in [-0.4, -0.2) is 84.4 Å². The van der Waals surface area contributed by atoms with Gasteiger partial charge in [-0.3, -0.25) is 14.5 Å². The summed E-state index contributed by atoms with van der Waals surface area (Å²) in [7, 11) is 0. The topological polar surface area (TPSA) is 101 Å². The molecule has 0 radical (unpaired) electrons. The summed E-state index contributed by atoms with van der Waals surface area (Å²) in [6.45, 7) is 8.46. The van der Waals surface area contributed by atoms with E-state index in [4.69, 9.17) is 0 Å². The van der Waals surface area contributed by atoms with E-state index in [1.165, 1.54) is 16.7 Å². The number of thioether (sulfide) groups is 1. The third-order valence-corrected chi connectivity index (χ3v) is 9.09. The summed E-state index contributed by atoms with van der Waals surface area (Å²) in [5.41, 5.74) is -0.254. The molecule has 0 spiro atoms. The summed E-state index contributed by atoms with van der Waals surface area (Å²) >= 11 is 1.52. The Morgan fingerprint density at radius 2 is 1.90 bits per heavy atom. The first kappa shape index (κ1) is 20.3. The highest BCUT2D eigenvalue weighted by Crippen LogP contribution is 2.53. The average Bonchev–Trinajstić information content (AvgIpc) is 3.26. The predicted molar refractivity (Wildman–Crippen MR) is 110 cm³/mol. The van der Waals surface area contributed by atoms with Crippen molar-refractivity contribution >= 4 is 29.5 Å². The average molecular weight is 436 g/mol. The van der Waals surface area contributed by atoms with Gasteiger partial charge in [-0.05, 0) is 40.0 Å². The Labute approximate surface area is 180 Å². The first-order valence-electron chi connectivity index (χ1n) is 10.8. The van der Waals surface area contributed by atoms with Crippen molar-refractivity contribution in [2.75, 3.05) is 6.54 Å². The molecule has 0 aromatic carbocycles. The maximum absolute atomic E-state index is 13.1. The van der Waals surface area contributed by atoms with Crippen molar-refractivity contribution in [2.45, 2.75) is 82.1 Å². The van der Waals surface area contributed by atoms with Crippen LogP contribution >= 0.6 is 11.8 Å². The number of aliphatic hydroxyl groups excluding tert-OH is 1. The summed E-state index contributed by atoms with van der Waals surface area (Å²) in [5.74, 6) is -1.89. The first-order valence-corrected chi connectivity index (χ1v) is 11.7. The van der Waals surface area contributed by atoms with Crippen LogP contribution in [0.5, 0.6) is 0 Å². The van der Waals surface area contributed by atoms with Crippen molar-refractivity contribution in [1.29, 1.82) is 0 Å². The molecule has 4 aliphatic heterocycles. The van der Waals surface area contributed by atoms with Crippen LogP contribution in [0.15, 0.2) is 10.6 Å². The van der Waals surface area contributed by atoms with Crippen LogP contribution < -0.4 is 0 Å². The van der Waals surface area contributed by atoms with E-state index in [0.29, 0.717) is 17.4 Å². The van der Waals surface area contributed by atoms with Gasteiger partial charge >= 0.3 is 5.97 Å². The molecule has 1 saturated carbocycles. The largest absolute Gasteiger partial charge is 0.477 e. The Balaban J connectivity index is 1.37. The number of hydrogen-bond donors (Lipinski definition) is 2. The van der Waals surface area contributed by atoms with E-state index in [-0.39, 0.29) is 46.4 Å². The standard InChI is InChI=1S/C21H29N3O5S/c1-9-15-14(10(2)25)19(27)23(15)16(20(28)29)17(9)30-12-7-13-18(26)24(11-5-6-11)21(3,4)22(13)8-12/h9-15,25H,5-8H2,1-4H3,(H,28,29)/t9-,10-,12+,13?,14-,15-/m1/s1. The van der Waals surface area contributed by atoms with Crippen LogP contribution in [0.1, 0.15) is 47.0 Å². The van der Waals surface area contributed by atoms with Crippen molar-refractivity contribution in [2.24, 2.45) is 11.8 Å². The molecule has 8 nitrogen and oxygen atoms in total. The van der Waals surface area contributed by atoms with Crippen LogP contribution in [0.2, 0.25) is 0 Å². The lowest BCUT2D eigenvalue weighted by molar-refractivity contribution is -0.163. The molecule has 1 unspecified atom stereocenters. The number of carbonyl (C=O) groups excluding carboxylic acids is 2. The highest BCUT2D eigenvalue weighted by Gasteiger charge is 2.62. The maximum atomic E-state index is 13.1. The Hall–Kier alpha value is -1.58. The molecule has 0 bridgehead atoms. The highest BCUT2D eigenvalue weighted by atomic mass is 32.2. The molecule has 4 heterocycles. The Morgan fingerprint density at radius 1 is 1.23 bits per heavy atom. The van der Waals surface area contributed by atoms with E-state index < -0.39 is 18.0 Å². The second-order valence-electron chi connectivity index (χ2n) is 9.85. The van der Waals surface area contributed by atoms with E-state index in [9.17, 15) is 24.6 Å². The highest BCUT2D eigenvalue weighted by molar-refractivity contribution is 8.03. The summed E-state index contributed by atoms with van der Waals surface area (Å²) < 4.78 is 0. The van der Waals surface area contributed by atoms with Gasteiger partial charge in [-0.15, -0.1) is 11.8 Å². The number of carbonyl (C=O) groups is 3. The van der Waals surface area contributed by atoms with Gasteiger partial charge in [0.25, 0.3) is 0 Å². The molecule has 2 N–H and O–H groups in total. The second-order valence-corrected chi connectivity index (χ2v) is 11.2. The van der Waals surface area contributed by atoms with Gasteiger partial charge in [0.05, 0.1) is 29.8 Å². The van der Waals surface area contributed by atoms with E-state index in [1.807, 2.05) is 6.92 Å². The summed E-state index contributed by atoms with van der Waals surface area (Å²) in [5, 5.41) is 19.9. The van der Waals surface area contributed by atoms with Crippen molar-refractivity contribution < 1.29 is 24.6 Å². The van der Waals surface area contributed by atoms with Gasteiger partial charge in [-0.1, -0.05) is 6.92 Å². The van der Waals surface area contributed by atoms with Gasteiger partial charge in [0.15, 0.2) is 0 Å². The van der Waals surface area contributed by atoms with Gasteiger partial charge < -0.3 is 20.0 Å². The van der Waals surface area contributed by atoms with Crippen LogP contribution in [-0.2, 0) is 14.4 Å². The Bertz CT molecular complexity index is 867. The van der Waals surface area contributed by atoms with Gasteiger partial charge in [-0.2, -0.15) is 0 Å². The summed E-state index contributed by atoms with van der Waals surface area (Å²) in [6, 6.07) is -0.0736. The second kappa shape index (κ2) is 6.46. The fourth-order valence-corrected chi connectivity index (χ4v) is 7.63. The number of β-lactam (4-membered cyclic amide) rings is 1.